The van der Waals surface area contributed by atoms with Crippen molar-refractivity contribution in [2.24, 2.45) is 0 Å². The van der Waals surface area contributed by atoms with Gasteiger partial charge in [-0.3, -0.25) is 14.9 Å². The van der Waals surface area contributed by atoms with Crippen molar-refractivity contribution in [2.45, 2.75) is 18.9 Å². The third kappa shape index (κ3) is 4.28. The van der Waals surface area contributed by atoms with Crippen molar-refractivity contribution in [3.05, 3.63) is 60.2 Å². The summed E-state index contributed by atoms with van der Waals surface area (Å²) in [6, 6.07) is 16.3. The number of amides is 1. The number of nitrogens with one attached hydrogen (secondary N) is 1. The van der Waals surface area contributed by atoms with Crippen molar-refractivity contribution in [1.82, 2.24) is 19.9 Å². The van der Waals surface area contributed by atoms with E-state index in [2.05, 4.69) is 15.5 Å². The van der Waals surface area contributed by atoms with Crippen LogP contribution in [0.15, 0.2) is 54.6 Å². The number of para-hydroxylation sites is 2. The van der Waals surface area contributed by atoms with Gasteiger partial charge in [-0.25, -0.2) is 10.5 Å². The van der Waals surface area contributed by atoms with Crippen LogP contribution in [0.2, 0.25) is 0 Å². The van der Waals surface area contributed by atoms with E-state index in [1.54, 1.807) is 11.6 Å². The van der Waals surface area contributed by atoms with Crippen molar-refractivity contribution in [1.29, 1.82) is 0 Å². The molecule has 3 N–H and O–H groups in total. The molecule has 1 amide bonds. The van der Waals surface area contributed by atoms with E-state index in [0.29, 0.717) is 6.54 Å². The van der Waals surface area contributed by atoms with Crippen molar-refractivity contribution in [3.63, 3.8) is 0 Å². The molecule has 1 saturated heterocycles. The number of carbonyl (C=O) groups excluding carboxylic acids is 1. The maximum absolute atomic E-state index is 11.3. The number of rotatable bonds is 6. The lowest BCUT2D eigenvalue weighted by Gasteiger charge is -2.34. The topological polar surface area (TPSA) is 90.6 Å². The highest BCUT2D eigenvalue weighted by atomic mass is 16.5. The number of benzene rings is 2. The molecule has 1 aliphatic heterocycles. The molecule has 0 saturated carbocycles. The Morgan fingerprint density at radius 2 is 2.10 bits per heavy atom. The number of β-amino-alcohol motifs (C(OH)–C–C–N with tert-alkyl or cyclic N) is 1. The molecule has 7 nitrogen and oxygen atoms in total. The minimum atomic E-state index is -0.571. The molecule has 4 rings (SSSR count). The Bertz CT molecular complexity index is 1060. The van der Waals surface area contributed by atoms with E-state index in [0.717, 1.165) is 53.9 Å². The van der Waals surface area contributed by atoms with E-state index >= 15 is 0 Å². The Morgan fingerprint density at radius 1 is 1.23 bits per heavy atom. The van der Waals surface area contributed by atoms with Crippen molar-refractivity contribution >= 4 is 23.0 Å². The minimum Gasteiger partial charge on any atom is -0.395 e. The summed E-state index contributed by atoms with van der Waals surface area (Å²) in [5.74, 6) is 0.327. The third-order valence-electron chi connectivity index (χ3n) is 5.54. The third-order valence-corrected chi connectivity index (χ3v) is 5.54. The van der Waals surface area contributed by atoms with E-state index < -0.39 is 5.91 Å². The van der Waals surface area contributed by atoms with E-state index in [9.17, 15) is 9.90 Å². The van der Waals surface area contributed by atoms with Crippen LogP contribution in [0.3, 0.4) is 0 Å². The van der Waals surface area contributed by atoms with E-state index in [1.165, 1.54) is 6.08 Å². The number of fused-ring (bicyclic) bond motifs is 1. The number of aliphatic hydroxyl groups excluding tert-OH is 1. The van der Waals surface area contributed by atoms with Gasteiger partial charge in [-0.2, -0.15) is 0 Å². The fraction of sp³-hybridized carbons (Fsp3) is 0.304. The van der Waals surface area contributed by atoms with Gasteiger partial charge >= 0.3 is 0 Å². The highest BCUT2D eigenvalue weighted by molar-refractivity contribution is 5.91. The molecule has 3 aromatic rings. The lowest BCUT2D eigenvalue weighted by atomic mass is 10.0. The van der Waals surface area contributed by atoms with Crippen LogP contribution >= 0.6 is 0 Å². The van der Waals surface area contributed by atoms with E-state index in [4.69, 9.17) is 10.2 Å². The molecule has 156 valence electrons. The largest absolute Gasteiger partial charge is 0.395 e. The van der Waals surface area contributed by atoms with Gasteiger partial charge in [-0.05, 0) is 49.2 Å². The number of hydroxylamine groups is 1. The zero-order chi connectivity index (χ0) is 20.9. The normalized spacial score (nSPS) is 17.6. The monoisotopic (exact) mass is 406 g/mol. The maximum Gasteiger partial charge on any atom is 0.267 e. The summed E-state index contributed by atoms with van der Waals surface area (Å²) < 4.78 is 2.32. The molecule has 1 atom stereocenters. The number of piperidine rings is 1. The Labute approximate surface area is 175 Å². The molecule has 7 heteroatoms. The Balaban J connectivity index is 1.75. The number of likely N-dealkylation sites (tertiary alicyclic amines) is 1. The molecule has 2 heterocycles. The van der Waals surface area contributed by atoms with Gasteiger partial charge in [0.2, 0.25) is 0 Å². The van der Waals surface area contributed by atoms with E-state index in [-0.39, 0.29) is 12.6 Å². The maximum atomic E-state index is 11.3. The molecular formula is C23H26N4O3. The molecule has 1 fully saturated rings. The van der Waals surface area contributed by atoms with Gasteiger partial charge in [0, 0.05) is 30.8 Å². The first kappa shape index (κ1) is 20.3. The molecule has 1 unspecified atom stereocenters. The molecule has 2 aromatic carbocycles. The number of carbonyl (C=O) groups is 1. The molecule has 0 spiro atoms. The van der Waals surface area contributed by atoms with Crippen LogP contribution in [0, 0.1) is 0 Å². The van der Waals surface area contributed by atoms with Crippen molar-refractivity contribution < 1.29 is 15.1 Å². The summed E-state index contributed by atoms with van der Waals surface area (Å²) in [6.45, 7) is 2.74. The Kier molecular flexibility index (Phi) is 6.23. The average Bonchev–Trinajstić information content (AvgIpc) is 3.18. The number of imidazole rings is 1. The van der Waals surface area contributed by atoms with Crippen LogP contribution in [0.5, 0.6) is 0 Å². The molecular weight excluding hydrogens is 380 g/mol. The first-order valence-corrected chi connectivity index (χ1v) is 10.2. The summed E-state index contributed by atoms with van der Waals surface area (Å²) in [5, 5.41) is 18.0. The van der Waals surface area contributed by atoms with Gasteiger partial charge < -0.3 is 9.67 Å². The average molecular weight is 406 g/mol. The second-order valence-corrected chi connectivity index (χ2v) is 7.55. The zero-order valence-corrected chi connectivity index (χ0v) is 16.7. The van der Waals surface area contributed by atoms with Crippen LogP contribution in [0.25, 0.3) is 28.5 Å². The van der Waals surface area contributed by atoms with Crippen LogP contribution in [-0.4, -0.2) is 56.9 Å². The van der Waals surface area contributed by atoms with Gasteiger partial charge in [-0.1, -0.05) is 30.3 Å². The molecule has 1 aliphatic rings. The first-order chi connectivity index (χ1) is 14.7. The second-order valence-electron chi connectivity index (χ2n) is 7.55. The predicted molar refractivity (Wildman–Crippen MR) is 116 cm³/mol. The molecule has 0 radical (unpaired) electrons. The summed E-state index contributed by atoms with van der Waals surface area (Å²) >= 11 is 0. The summed E-state index contributed by atoms with van der Waals surface area (Å²) in [7, 11) is 0. The second kappa shape index (κ2) is 9.21. The lowest BCUT2D eigenvalue weighted by Crippen LogP contribution is -2.38. The van der Waals surface area contributed by atoms with Crippen LogP contribution < -0.4 is 5.48 Å². The highest BCUT2D eigenvalue weighted by Crippen LogP contribution is 2.33. The van der Waals surface area contributed by atoms with Crippen LogP contribution in [0.1, 0.15) is 24.4 Å². The molecule has 0 bridgehead atoms. The summed E-state index contributed by atoms with van der Waals surface area (Å²) in [6.07, 6.45) is 5.09. The smallest absolute Gasteiger partial charge is 0.267 e. The standard InChI is InChI=1S/C23H26N4O3/c28-14-13-26-12-4-7-19(16-26)27-21-9-2-1-8-20(21)24-23(27)18-6-3-5-17(15-18)10-11-22(29)25-30/h1-3,5-6,8-11,15,19,28,30H,4,7,12-14,16H2,(H,25,29). The number of hydrogen-bond donors (Lipinski definition) is 3. The fourth-order valence-corrected chi connectivity index (χ4v) is 4.19. The number of nitrogens with zero attached hydrogens (tertiary/aromatic N) is 3. The SMILES string of the molecule is O=C(C=Cc1cccc(-c2nc3ccccc3n2C2CCCN(CCO)C2)c1)NO. The highest BCUT2D eigenvalue weighted by Gasteiger charge is 2.25. The molecule has 1 aromatic heterocycles. The van der Waals surface area contributed by atoms with Crippen molar-refractivity contribution in [3.8, 4) is 11.4 Å². The first-order valence-electron chi connectivity index (χ1n) is 10.2. The van der Waals surface area contributed by atoms with Gasteiger partial charge in [0.05, 0.1) is 17.6 Å². The number of aromatic nitrogens is 2. The zero-order valence-electron chi connectivity index (χ0n) is 16.7. The van der Waals surface area contributed by atoms with Gasteiger partial charge in [-0.15, -0.1) is 0 Å². The molecule has 0 aliphatic carbocycles. The fourth-order valence-electron chi connectivity index (χ4n) is 4.19. The Morgan fingerprint density at radius 3 is 2.93 bits per heavy atom. The number of aliphatic hydroxyl groups is 1. The van der Waals surface area contributed by atoms with Gasteiger partial charge in [0.25, 0.3) is 5.91 Å². The lowest BCUT2D eigenvalue weighted by molar-refractivity contribution is -0.124. The van der Waals surface area contributed by atoms with Gasteiger partial charge in [0.15, 0.2) is 0 Å². The Hall–Kier alpha value is -3.00. The van der Waals surface area contributed by atoms with Crippen LogP contribution in [0.4, 0.5) is 0 Å². The van der Waals surface area contributed by atoms with Crippen molar-refractivity contribution in [2.75, 3.05) is 26.2 Å². The predicted octanol–water partition coefficient (Wildman–Crippen LogP) is 2.85. The van der Waals surface area contributed by atoms with Crippen LogP contribution in [-0.2, 0) is 4.79 Å². The summed E-state index contributed by atoms with van der Waals surface area (Å²) in [5.41, 5.74) is 5.47. The van der Waals surface area contributed by atoms with Gasteiger partial charge in [0.1, 0.15) is 5.82 Å². The number of hydrogen-bond acceptors (Lipinski definition) is 5. The van der Waals surface area contributed by atoms with E-state index in [1.807, 2.05) is 42.5 Å². The summed E-state index contributed by atoms with van der Waals surface area (Å²) in [4.78, 5) is 18.6. The molecule has 30 heavy (non-hydrogen) atoms. The minimum absolute atomic E-state index is 0.167. The quantitative estimate of drug-likeness (QED) is 0.333.